The average Bonchev–Trinajstić information content (AvgIpc) is 2.28. The van der Waals surface area contributed by atoms with Gasteiger partial charge in [-0.3, -0.25) is 0 Å². The number of hydrogen-bond donors (Lipinski definition) is 3. The molecule has 0 rings (SSSR count). The summed E-state index contributed by atoms with van der Waals surface area (Å²) in [5.41, 5.74) is 16.5. The maximum absolute atomic E-state index is 5.66. The third-order valence-electron chi connectivity index (χ3n) is 2.38. The molecule has 0 aliphatic carbocycles. The van der Waals surface area contributed by atoms with Gasteiger partial charge in [0.2, 0.25) is 0 Å². The SMILES string of the molecule is CC(N)COCC(C)(COCCN)COCC(C)N. The number of hydrogen-bond acceptors (Lipinski definition) is 6. The molecule has 0 fully saturated rings. The van der Waals surface area contributed by atoms with Gasteiger partial charge in [0, 0.05) is 24.0 Å². The minimum Gasteiger partial charge on any atom is -0.379 e. The highest BCUT2D eigenvalue weighted by molar-refractivity contribution is 4.74. The van der Waals surface area contributed by atoms with Crippen LogP contribution in [0, 0.1) is 5.41 Å². The van der Waals surface area contributed by atoms with E-state index in [1.807, 2.05) is 13.8 Å². The molecule has 0 aliphatic heterocycles. The lowest BCUT2D eigenvalue weighted by Crippen LogP contribution is -2.37. The molecule has 0 saturated heterocycles. The van der Waals surface area contributed by atoms with Crippen molar-refractivity contribution >= 4 is 0 Å². The summed E-state index contributed by atoms with van der Waals surface area (Å²) in [6.07, 6.45) is 0. The van der Waals surface area contributed by atoms with Crippen LogP contribution in [0.25, 0.3) is 0 Å². The van der Waals surface area contributed by atoms with Gasteiger partial charge < -0.3 is 31.4 Å². The average molecular weight is 277 g/mol. The Hall–Kier alpha value is -0.240. The highest BCUT2D eigenvalue weighted by atomic mass is 16.5. The van der Waals surface area contributed by atoms with E-state index in [0.29, 0.717) is 46.2 Å². The maximum Gasteiger partial charge on any atom is 0.0615 e. The fourth-order valence-corrected chi connectivity index (χ4v) is 1.51. The van der Waals surface area contributed by atoms with Gasteiger partial charge in [-0.25, -0.2) is 0 Å². The molecule has 0 heterocycles. The van der Waals surface area contributed by atoms with Crippen LogP contribution in [0.1, 0.15) is 20.8 Å². The van der Waals surface area contributed by atoms with Crippen LogP contribution in [0.15, 0.2) is 0 Å². The van der Waals surface area contributed by atoms with Gasteiger partial charge in [0.1, 0.15) is 0 Å². The Bertz CT molecular complexity index is 199. The quantitative estimate of drug-likeness (QED) is 0.423. The van der Waals surface area contributed by atoms with E-state index >= 15 is 0 Å². The first kappa shape index (κ1) is 18.8. The summed E-state index contributed by atoms with van der Waals surface area (Å²) in [5, 5.41) is 0. The van der Waals surface area contributed by atoms with Crippen LogP contribution in [0.3, 0.4) is 0 Å². The van der Waals surface area contributed by atoms with Crippen LogP contribution in [-0.4, -0.2) is 58.3 Å². The normalized spacial score (nSPS) is 18.0. The largest absolute Gasteiger partial charge is 0.379 e. The maximum atomic E-state index is 5.66. The molecule has 0 radical (unpaired) electrons. The topological polar surface area (TPSA) is 106 Å². The summed E-state index contributed by atoms with van der Waals surface area (Å²) in [4.78, 5) is 0. The second-order valence-electron chi connectivity index (χ2n) is 5.64. The zero-order chi connectivity index (χ0) is 14.7. The summed E-state index contributed by atoms with van der Waals surface area (Å²) in [6, 6.07) is 0.0541. The van der Waals surface area contributed by atoms with Gasteiger partial charge in [-0.15, -0.1) is 0 Å². The van der Waals surface area contributed by atoms with E-state index in [-0.39, 0.29) is 17.5 Å². The van der Waals surface area contributed by atoms with Gasteiger partial charge in [-0.1, -0.05) is 6.92 Å². The van der Waals surface area contributed by atoms with Gasteiger partial charge in [-0.05, 0) is 13.8 Å². The standard InChI is InChI=1S/C13H31N3O3/c1-11(15)6-18-9-13(3,8-17-5-4-14)10-19-7-12(2)16/h11-12H,4-10,14-16H2,1-3H3. The van der Waals surface area contributed by atoms with Crippen LogP contribution in [-0.2, 0) is 14.2 Å². The van der Waals surface area contributed by atoms with Crippen LogP contribution in [0.4, 0.5) is 0 Å². The van der Waals surface area contributed by atoms with Crippen LogP contribution >= 0.6 is 0 Å². The fourth-order valence-electron chi connectivity index (χ4n) is 1.51. The van der Waals surface area contributed by atoms with Gasteiger partial charge >= 0.3 is 0 Å². The molecular weight excluding hydrogens is 246 g/mol. The van der Waals surface area contributed by atoms with Crippen LogP contribution in [0.5, 0.6) is 0 Å². The molecule has 6 heteroatoms. The molecule has 0 saturated carbocycles. The minimum absolute atomic E-state index is 0.0270. The summed E-state index contributed by atoms with van der Waals surface area (Å²) in [5.74, 6) is 0. The zero-order valence-electron chi connectivity index (χ0n) is 12.6. The first-order valence-corrected chi connectivity index (χ1v) is 6.84. The van der Waals surface area contributed by atoms with Crippen molar-refractivity contribution in [1.82, 2.24) is 0 Å². The monoisotopic (exact) mass is 277 g/mol. The van der Waals surface area contributed by atoms with Crippen molar-refractivity contribution in [3.63, 3.8) is 0 Å². The minimum atomic E-state index is -0.209. The molecule has 19 heavy (non-hydrogen) atoms. The van der Waals surface area contributed by atoms with Gasteiger partial charge in [0.05, 0.1) is 39.6 Å². The smallest absolute Gasteiger partial charge is 0.0615 e. The zero-order valence-corrected chi connectivity index (χ0v) is 12.6. The van der Waals surface area contributed by atoms with E-state index < -0.39 is 0 Å². The second kappa shape index (κ2) is 10.5. The molecule has 0 aliphatic rings. The molecule has 6 nitrogen and oxygen atoms in total. The molecule has 0 bridgehead atoms. The lowest BCUT2D eigenvalue weighted by atomic mass is 9.94. The van der Waals surface area contributed by atoms with Crippen molar-refractivity contribution in [2.24, 2.45) is 22.6 Å². The lowest BCUT2D eigenvalue weighted by molar-refractivity contribution is -0.0613. The molecule has 0 aromatic carbocycles. The molecule has 6 N–H and O–H groups in total. The first-order valence-electron chi connectivity index (χ1n) is 6.84. The molecule has 0 amide bonds. The van der Waals surface area contributed by atoms with Crippen molar-refractivity contribution in [2.45, 2.75) is 32.9 Å². The molecule has 0 spiro atoms. The van der Waals surface area contributed by atoms with Crippen molar-refractivity contribution in [2.75, 3.05) is 46.2 Å². The van der Waals surface area contributed by atoms with Crippen molar-refractivity contribution in [1.29, 1.82) is 0 Å². The third kappa shape index (κ3) is 11.3. The summed E-state index contributed by atoms with van der Waals surface area (Å²) >= 11 is 0. The number of ether oxygens (including phenoxy) is 3. The van der Waals surface area contributed by atoms with E-state index in [1.165, 1.54) is 0 Å². The molecule has 2 unspecified atom stereocenters. The Balaban J connectivity index is 4.10. The molecule has 2 atom stereocenters. The first-order chi connectivity index (χ1) is 8.89. The molecule has 116 valence electrons. The number of rotatable bonds is 12. The van der Waals surface area contributed by atoms with Crippen LogP contribution < -0.4 is 17.2 Å². The highest BCUT2D eigenvalue weighted by Crippen LogP contribution is 2.18. The Labute approximate surface area is 116 Å². The summed E-state index contributed by atoms with van der Waals surface area (Å²) in [7, 11) is 0. The van der Waals surface area contributed by atoms with Crippen molar-refractivity contribution < 1.29 is 14.2 Å². The molecular formula is C13H31N3O3. The van der Waals surface area contributed by atoms with E-state index in [1.54, 1.807) is 0 Å². The van der Waals surface area contributed by atoms with E-state index in [2.05, 4.69) is 6.92 Å². The van der Waals surface area contributed by atoms with Crippen molar-refractivity contribution in [3.05, 3.63) is 0 Å². The summed E-state index contributed by atoms with van der Waals surface area (Å²) in [6.45, 7) is 9.61. The molecule has 0 aromatic rings. The van der Waals surface area contributed by atoms with E-state index in [4.69, 9.17) is 31.4 Å². The Kier molecular flexibility index (Phi) is 10.4. The Morgan fingerprint density at radius 3 is 1.68 bits per heavy atom. The second-order valence-corrected chi connectivity index (χ2v) is 5.64. The molecule has 0 aromatic heterocycles. The van der Waals surface area contributed by atoms with Gasteiger partial charge in [0.25, 0.3) is 0 Å². The lowest BCUT2D eigenvalue weighted by Gasteiger charge is -2.29. The van der Waals surface area contributed by atoms with E-state index in [9.17, 15) is 0 Å². The predicted molar refractivity (Wildman–Crippen MR) is 76.9 cm³/mol. The summed E-state index contributed by atoms with van der Waals surface area (Å²) < 4.78 is 16.7. The number of nitrogens with two attached hydrogens (primary N) is 3. The Morgan fingerprint density at radius 2 is 1.32 bits per heavy atom. The van der Waals surface area contributed by atoms with Gasteiger partial charge in [-0.2, -0.15) is 0 Å². The predicted octanol–water partition coefficient (Wildman–Crippen LogP) is -0.304. The van der Waals surface area contributed by atoms with Crippen molar-refractivity contribution in [3.8, 4) is 0 Å². The van der Waals surface area contributed by atoms with E-state index in [0.717, 1.165) is 0 Å². The Morgan fingerprint density at radius 1 is 0.895 bits per heavy atom. The highest BCUT2D eigenvalue weighted by Gasteiger charge is 2.26. The third-order valence-corrected chi connectivity index (χ3v) is 2.38. The fraction of sp³-hybridized carbons (Fsp3) is 1.00. The van der Waals surface area contributed by atoms with Crippen LogP contribution in [0.2, 0.25) is 0 Å². The van der Waals surface area contributed by atoms with Gasteiger partial charge in [0.15, 0.2) is 0 Å².